The number of carbonyl (C=O) groups is 1. The third-order valence-corrected chi connectivity index (χ3v) is 3.12. The molecule has 0 bridgehead atoms. The minimum atomic E-state index is -0.591. The maximum absolute atomic E-state index is 11.8. The zero-order chi connectivity index (χ0) is 12.5. The molecule has 5 nitrogen and oxygen atoms in total. The molecule has 1 amide bonds. The van der Waals surface area contributed by atoms with Crippen molar-refractivity contribution < 1.29 is 9.90 Å². The van der Waals surface area contributed by atoms with Gasteiger partial charge in [0.25, 0.3) is 0 Å². The number of rotatable bonds is 2. The number of hydrogen-bond donors (Lipinski definition) is 2. The standard InChI is InChI=1S/C12H17N3O2/c1-12(2)11(17)13-5-6-15(12)10-4-3-9(8-16)7-14-10/h3-4,7,16H,5-6,8H2,1-2H3,(H,13,17). The number of piperazine rings is 1. The van der Waals surface area contributed by atoms with Crippen molar-refractivity contribution in [3.8, 4) is 0 Å². The topological polar surface area (TPSA) is 65.5 Å². The molecule has 1 saturated heterocycles. The zero-order valence-electron chi connectivity index (χ0n) is 10.1. The first kappa shape index (κ1) is 11.9. The number of hydrogen-bond acceptors (Lipinski definition) is 4. The predicted octanol–water partition coefficient (Wildman–Crippen LogP) is 0.289. The molecule has 92 valence electrons. The van der Waals surface area contributed by atoms with E-state index in [0.29, 0.717) is 6.54 Å². The van der Waals surface area contributed by atoms with E-state index in [9.17, 15) is 4.79 Å². The summed E-state index contributed by atoms with van der Waals surface area (Å²) < 4.78 is 0. The lowest BCUT2D eigenvalue weighted by molar-refractivity contribution is -0.126. The molecule has 1 aliphatic heterocycles. The van der Waals surface area contributed by atoms with Gasteiger partial charge in [0.1, 0.15) is 11.4 Å². The summed E-state index contributed by atoms with van der Waals surface area (Å²) in [5, 5.41) is 11.8. The highest BCUT2D eigenvalue weighted by Crippen LogP contribution is 2.24. The Morgan fingerprint density at radius 3 is 2.88 bits per heavy atom. The molecule has 0 radical (unpaired) electrons. The number of carbonyl (C=O) groups excluding carboxylic acids is 1. The molecule has 1 aromatic heterocycles. The van der Waals surface area contributed by atoms with E-state index in [1.54, 1.807) is 6.20 Å². The number of aliphatic hydroxyl groups is 1. The smallest absolute Gasteiger partial charge is 0.245 e. The van der Waals surface area contributed by atoms with E-state index < -0.39 is 5.54 Å². The molecule has 0 saturated carbocycles. The van der Waals surface area contributed by atoms with E-state index in [4.69, 9.17) is 5.11 Å². The van der Waals surface area contributed by atoms with Gasteiger partial charge in [0, 0.05) is 19.3 Å². The first-order valence-corrected chi connectivity index (χ1v) is 5.67. The van der Waals surface area contributed by atoms with Crippen LogP contribution in [-0.4, -0.2) is 34.6 Å². The van der Waals surface area contributed by atoms with Crippen LogP contribution in [0.5, 0.6) is 0 Å². The molecular weight excluding hydrogens is 218 g/mol. The molecule has 1 aliphatic rings. The summed E-state index contributed by atoms with van der Waals surface area (Å²) in [7, 11) is 0. The highest BCUT2D eigenvalue weighted by molar-refractivity contribution is 5.90. The number of aromatic nitrogens is 1. The summed E-state index contributed by atoms with van der Waals surface area (Å²) >= 11 is 0. The average molecular weight is 235 g/mol. The van der Waals surface area contributed by atoms with E-state index in [2.05, 4.69) is 10.3 Å². The van der Waals surface area contributed by atoms with Crippen molar-refractivity contribution in [2.24, 2.45) is 0 Å². The number of nitrogens with zero attached hydrogens (tertiary/aromatic N) is 2. The van der Waals surface area contributed by atoms with Crippen LogP contribution in [-0.2, 0) is 11.4 Å². The second-order valence-corrected chi connectivity index (χ2v) is 4.65. The molecule has 2 heterocycles. The molecule has 0 aliphatic carbocycles. The summed E-state index contributed by atoms with van der Waals surface area (Å²) in [4.78, 5) is 18.1. The van der Waals surface area contributed by atoms with Gasteiger partial charge in [-0.3, -0.25) is 4.79 Å². The minimum absolute atomic E-state index is 0.0109. The van der Waals surface area contributed by atoms with Crippen molar-refractivity contribution in [2.45, 2.75) is 26.0 Å². The lowest BCUT2D eigenvalue weighted by Gasteiger charge is -2.42. The Morgan fingerprint density at radius 1 is 1.53 bits per heavy atom. The van der Waals surface area contributed by atoms with Crippen molar-refractivity contribution in [3.63, 3.8) is 0 Å². The second-order valence-electron chi connectivity index (χ2n) is 4.65. The largest absolute Gasteiger partial charge is 0.392 e. The van der Waals surface area contributed by atoms with Crippen LogP contribution in [0.1, 0.15) is 19.4 Å². The summed E-state index contributed by atoms with van der Waals surface area (Å²) in [6.45, 7) is 5.11. The van der Waals surface area contributed by atoms with Crippen LogP contribution in [0.25, 0.3) is 0 Å². The van der Waals surface area contributed by atoms with Crippen molar-refractivity contribution in [1.29, 1.82) is 0 Å². The zero-order valence-corrected chi connectivity index (χ0v) is 10.1. The quantitative estimate of drug-likeness (QED) is 0.773. The van der Waals surface area contributed by atoms with Crippen molar-refractivity contribution >= 4 is 11.7 Å². The highest BCUT2D eigenvalue weighted by Gasteiger charge is 2.38. The molecule has 1 aromatic rings. The Bertz CT molecular complexity index is 414. The van der Waals surface area contributed by atoms with Crippen molar-refractivity contribution in [3.05, 3.63) is 23.9 Å². The monoisotopic (exact) mass is 235 g/mol. The summed E-state index contributed by atoms with van der Waals surface area (Å²) in [6, 6.07) is 3.66. The van der Waals surface area contributed by atoms with Gasteiger partial charge in [-0.1, -0.05) is 6.07 Å². The van der Waals surface area contributed by atoms with Gasteiger partial charge in [-0.15, -0.1) is 0 Å². The Kier molecular flexibility index (Phi) is 3.02. The van der Waals surface area contributed by atoms with Gasteiger partial charge in [-0.05, 0) is 25.5 Å². The van der Waals surface area contributed by atoms with Crippen LogP contribution in [0.3, 0.4) is 0 Å². The number of anilines is 1. The van der Waals surface area contributed by atoms with Gasteiger partial charge in [-0.25, -0.2) is 4.98 Å². The molecule has 5 heteroatoms. The molecule has 0 atom stereocenters. The van der Waals surface area contributed by atoms with Crippen LogP contribution >= 0.6 is 0 Å². The van der Waals surface area contributed by atoms with Crippen molar-refractivity contribution in [2.75, 3.05) is 18.0 Å². The van der Waals surface area contributed by atoms with Crippen LogP contribution in [0.2, 0.25) is 0 Å². The fourth-order valence-electron chi connectivity index (χ4n) is 1.97. The fraction of sp³-hybridized carbons (Fsp3) is 0.500. The first-order chi connectivity index (χ1) is 8.05. The Labute approximate surface area is 100 Å². The predicted molar refractivity (Wildman–Crippen MR) is 64.6 cm³/mol. The normalized spacial score (nSPS) is 19.0. The molecular formula is C12H17N3O2. The molecule has 0 spiro atoms. The fourth-order valence-corrected chi connectivity index (χ4v) is 1.97. The van der Waals surface area contributed by atoms with E-state index in [1.807, 2.05) is 30.9 Å². The summed E-state index contributed by atoms with van der Waals surface area (Å²) in [6.07, 6.45) is 1.64. The third-order valence-electron chi connectivity index (χ3n) is 3.12. The van der Waals surface area contributed by atoms with Gasteiger partial charge < -0.3 is 15.3 Å². The maximum Gasteiger partial charge on any atom is 0.245 e. The van der Waals surface area contributed by atoms with Gasteiger partial charge in [0.15, 0.2) is 0 Å². The summed E-state index contributed by atoms with van der Waals surface area (Å²) in [5.41, 5.74) is 0.180. The molecule has 1 fully saturated rings. The van der Waals surface area contributed by atoms with Gasteiger partial charge in [0.05, 0.1) is 6.61 Å². The number of nitrogens with one attached hydrogen (secondary N) is 1. The van der Waals surface area contributed by atoms with Crippen LogP contribution in [0.4, 0.5) is 5.82 Å². The Morgan fingerprint density at radius 2 is 2.29 bits per heavy atom. The first-order valence-electron chi connectivity index (χ1n) is 5.67. The Balaban J connectivity index is 2.28. The lowest BCUT2D eigenvalue weighted by Crippen LogP contribution is -2.62. The average Bonchev–Trinajstić information content (AvgIpc) is 2.33. The molecule has 0 unspecified atom stereocenters. The highest BCUT2D eigenvalue weighted by atomic mass is 16.3. The molecule has 2 N–H and O–H groups in total. The van der Waals surface area contributed by atoms with Gasteiger partial charge in [-0.2, -0.15) is 0 Å². The van der Waals surface area contributed by atoms with E-state index in [0.717, 1.165) is 17.9 Å². The molecule has 2 rings (SSSR count). The molecule has 17 heavy (non-hydrogen) atoms. The number of aliphatic hydroxyl groups excluding tert-OH is 1. The van der Waals surface area contributed by atoms with Crippen molar-refractivity contribution in [1.82, 2.24) is 10.3 Å². The van der Waals surface area contributed by atoms with E-state index in [-0.39, 0.29) is 12.5 Å². The van der Waals surface area contributed by atoms with E-state index in [1.165, 1.54) is 0 Å². The third kappa shape index (κ3) is 2.10. The van der Waals surface area contributed by atoms with Gasteiger partial charge in [0.2, 0.25) is 5.91 Å². The van der Waals surface area contributed by atoms with E-state index >= 15 is 0 Å². The molecule has 0 aromatic carbocycles. The maximum atomic E-state index is 11.8. The SMILES string of the molecule is CC1(C)C(=O)NCCN1c1ccc(CO)cn1. The number of amides is 1. The van der Waals surface area contributed by atoms with Crippen LogP contribution in [0, 0.1) is 0 Å². The van der Waals surface area contributed by atoms with Crippen LogP contribution < -0.4 is 10.2 Å². The van der Waals surface area contributed by atoms with Gasteiger partial charge >= 0.3 is 0 Å². The lowest BCUT2D eigenvalue weighted by atomic mass is 9.99. The minimum Gasteiger partial charge on any atom is -0.392 e. The number of pyridine rings is 1. The Hall–Kier alpha value is -1.62. The summed E-state index contributed by atoms with van der Waals surface area (Å²) in [5.74, 6) is 0.777. The second kappa shape index (κ2) is 4.33. The van der Waals surface area contributed by atoms with Crippen LogP contribution in [0.15, 0.2) is 18.3 Å².